The number of hydrogen-bond donors (Lipinski definition) is 1. The number of rotatable bonds is 6. The molecule has 0 amide bonds. The molecule has 1 aromatic heterocycles. The zero-order chi connectivity index (χ0) is 15.2. The van der Waals surface area contributed by atoms with E-state index < -0.39 is 0 Å². The number of nitrogens with zero attached hydrogens (tertiary/aromatic N) is 2. The van der Waals surface area contributed by atoms with Crippen LogP contribution >= 0.6 is 23.1 Å². The van der Waals surface area contributed by atoms with E-state index in [1.807, 2.05) is 42.5 Å². The Balaban J connectivity index is 1.64. The highest BCUT2D eigenvalue weighted by atomic mass is 32.2. The lowest BCUT2D eigenvalue weighted by Gasteiger charge is -2.07. The van der Waals surface area contributed by atoms with Gasteiger partial charge >= 0.3 is 0 Å². The lowest BCUT2D eigenvalue weighted by atomic mass is 10.2. The van der Waals surface area contributed by atoms with E-state index in [0.717, 1.165) is 26.7 Å². The van der Waals surface area contributed by atoms with Gasteiger partial charge in [-0.05, 0) is 17.7 Å². The Labute approximate surface area is 137 Å². The number of hydrogen-bond acceptors (Lipinski definition) is 6. The maximum Gasteiger partial charge on any atom is 0.210 e. The molecule has 3 rings (SSSR count). The third-order valence-electron chi connectivity index (χ3n) is 2.96. The van der Waals surface area contributed by atoms with Crippen LogP contribution in [0.15, 0.2) is 58.9 Å². The van der Waals surface area contributed by atoms with Gasteiger partial charge in [0.25, 0.3) is 0 Å². The average Bonchev–Trinajstić information content (AvgIpc) is 3.02. The minimum atomic E-state index is 0.764. The molecule has 1 heterocycles. The van der Waals surface area contributed by atoms with Crippen LogP contribution in [0.25, 0.3) is 0 Å². The number of benzene rings is 2. The summed E-state index contributed by atoms with van der Waals surface area (Å²) in [5.41, 5.74) is 2.17. The topological polar surface area (TPSA) is 47.0 Å². The summed E-state index contributed by atoms with van der Waals surface area (Å²) < 4.78 is 6.26. The van der Waals surface area contributed by atoms with Gasteiger partial charge in [-0.15, -0.1) is 10.2 Å². The fourth-order valence-electron chi connectivity index (χ4n) is 1.90. The minimum absolute atomic E-state index is 0.764. The zero-order valence-electron chi connectivity index (χ0n) is 12.0. The Morgan fingerprint density at radius 1 is 1.05 bits per heavy atom. The first-order chi connectivity index (χ1) is 10.8. The summed E-state index contributed by atoms with van der Waals surface area (Å²) in [6.07, 6.45) is 0. The summed E-state index contributed by atoms with van der Waals surface area (Å²) in [6, 6.07) is 18.1. The van der Waals surface area contributed by atoms with Crippen molar-refractivity contribution in [2.45, 2.75) is 10.1 Å². The molecule has 4 nitrogen and oxygen atoms in total. The first-order valence-electron chi connectivity index (χ1n) is 6.75. The molecule has 0 radical (unpaired) electrons. The minimum Gasteiger partial charge on any atom is -0.495 e. The molecule has 0 fully saturated rings. The number of ether oxygens (including phenoxy) is 1. The van der Waals surface area contributed by atoms with Crippen molar-refractivity contribution >= 4 is 33.9 Å². The fourth-order valence-corrected chi connectivity index (χ4v) is 3.62. The number of thioether (sulfide) groups is 1. The van der Waals surface area contributed by atoms with Gasteiger partial charge in [0, 0.05) is 5.75 Å². The van der Waals surface area contributed by atoms with E-state index in [2.05, 4.69) is 27.6 Å². The number of aromatic nitrogens is 2. The number of methoxy groups -OCH3 is 1. The van der Waals surface area contributed by atoms with E-state index >= 15 is 0 Å². The third-order valence-corrected chi connectivity index (χ3v) is 5.00. The van der Waals surface area contributed by atoms with Crippen LogP contribution in [0, 0.1) is 0 Å². The normalized spacial score (nSPS) is 10.4. The van der Waals surface area contributed by atoms with E-state index in [0.29, 0.717) is 0 Å². The van der Waals surface area contributed by atoms with E-state index in [-0.39, 0.29) is 0 Å². The maximum atomic E-state index is 5.32. The van der Waals surface area contributed by atoms with Gasteiger partial charge in [-0.25, -0.2) is 0 Å². The SMILES string of the molecule is COc1ccccc1Nc1nnc(SCc2ccccc2)s1. The van der Waals surface area contributed by atoms with Crippen LogP contribution in [0.1, 0.15) is 5.56 Å². The zero-order valence-corrected chi connectivity index (χ0v) is 13.7. The van der Waals surface area contributed by atoms with Gasteiger partial charge < -0.3 is 10.1 Å². The summed E-state index contributed by atoms with van der Waals surface area (Å²) in [5.74, 6) is 1.68. The highest BCUT2D eigenvalue weighted by Crippen LogP contribution is 2.32. The van der Waals surface area contributed by atoms with Gasteiger partial charge in [0.15, 0.2) is 4.34 Å². The Kier molecular flexibility index (Phi) is 4.92. The van der Waals surface area contributed by atoms with Crippen molar-refractivity contribution in [3.63, 3.8) is 0 Å². The molecule has 22 heavy (non-hydrogen) atoms. The average molecular weight is 329 g/mol. The first-order valence-corrected chi connectivity index (χ1v) is 8.55. The second-order valence-electron chi connectivity index (χ2n) is 4.47. The van der Waals surface area contributed by atoms with E-state index in [1.165, 1.54) is 5.56 Å². The smallest absolute Gasteiger partial charge is 0.210 e. The van der Waals surface area contributed by atoms with E-state index in [1.54, 1.807) is 30.2 Å². The molecular formula is C16H15N3OS2. The monoisotopic (exact) mass is 329 g/mol. The van der Waals surface area contributed by atoms with Crippen molar-refractivity contribution in [2.24, 2.45) is 0 Å². The number of anilines is 2. The molecule has 0 unspecified atom stereocenters. The molecule has 1 N–H and O–H groups in total. The summed E-state index contributed by atoms with van der Waals surface area (Å²) in [4.78, 5) is 0. The van der Waals surface area contributed by atoms with E-state index in [4.69, 9.17) is 4.74 Å². The first kappa shape index (κ1) is 14.9. The van der Waals surface area contributed by atoms with Crippen LogP contribution in [0.4, 0.5) is 10.8 Å². The predicted molar refractivity (Wildman–Crippen MR) is 92.2 cm³/mol. The van der Waals surface area contributed by atoms with Crippen LogP contribution in [0.3, 0.4) is 0 Å². The molecule has 0 atom stereocenters. The van der Waals surface area contributed by atoms with Crippen molar-refractivity contribution in [1.29, 1.82) is 0 Å². The molecule has 0 spiro atoms. The molecular weight excluding hydrogens is 314 g/mol. The second kappa shape index (κ2) is 7.29. The summed E-state index contributed by atoms with van der Waals surface area (Å²) >= 11 is 3.23. The molecule has 0 saturated heterocycles. The van der Waals surface area contributed by atoms with Crippen LogP contribution in [0.5, 0.6) is 5.75 Å². The Hall–Kier alpha value is -2.05. The quantitative estimate of drug-likeness (QED) is 0.671. The molecule has 0 aliphatic heterocycles. The largest absolute Gasteiger partial charge is 0.495 e. The van der Waals surface area contributed by atoms with Crippen molar-refractivity contribution in [3.05, 3.63) is 60.2 Å². The summed E-state index contributed by atoms with van der Waals surface area (Å²) in [6.45, 7) is 0. The van der Waals surface area contributed by atoms with Gasteiger partial charge in [-0.3, -0.25) is 0 Å². The second-order valence-corrected chi connectivity index (χ2v) is 6.67. The number of para-hydroxylation sites is 2. The van der Waals surface area contributed by atoms with Crippen molar-refractivity contribution in [2.75, 3.05) is 12.4 Å². The Morgan fingerprint density at radius 2 is 1.82 bits per heavy atom. The lowest BCUT2D eigenvalue weighted by molar-refractivity contribution is 0.417. The molecule has 0 aliphatic carbocycles. The number of nitrogens with one attached hydrogen (secondary N) is 1. The van der Waals surface area contributed by atoms with Crippen molar-refractivity contribution in [1.82, 2.24) is 10.2 Å². The maximum absolute atomic E-state index is 5.32. The Bertz CT molecular complexity index is 731. The summed E-state index contributed by atoms with van der Waals surface area (Å²) in [7, 11) is 1.65. The van der Waals surface area contributed by atoms with Gasteiger partial charge in [0.2, 0.25) is 5.13 Å². The summed E-state index contributed by atoms with van der Waals surface area (Å²) in [5, 5.41) is 12.4. The lowest BCUT2D eigenvalue weighted by Crippen LogP contribution is -1.93. The molecule has 2 aromatic carbocycles. The predicted octanol–water partition coefficient (Wildman–Crippen LogP) is 4.58. The van der Waals surface area contributed by atoms with Gasteiger partial charge in [-0.2, -0.15) is 0 Å². The fraction of sp³-hybridized carbons (Fsp3) is 0.125. The molecule has 0 aliphatic rings. The van der Waals surface area contributed by atoms with Crippen LogP contribution in [-0.4, -0.2) is 17.3 Å². The molecule has 0 bridgehead atoms. The molecule has 112 valence electrons. The highest BCUT2D eigenvalue weighted by molar-refractivity contribution is 8.00. The molecule has 6 heteroatoms. The van der Waals surface area contributed by atoms with Crippen LogP contribution < -0.4 is 10.1 Å². The van der Waals surface area contributed by atoms with Crippen molar-refractivity contribution < 1.29 is 4.74 Å². The van der Waals surface area contributed by atoms with Crippen molar-refractivity contribution in [3.8, 4) is 5.75 Å². The van der Waals surface area contributed by atoms with Crippen LogP contribution in [-0.2, 0) is 5.75 Å². The Morgan fingerprint density at radius 3 is 2.64 bits per heavy atom. The van der Waals surface area contributed by atoms with Gasteiger partial charge in [0.05, 0.1) is 12.8 Å². The van der Waals surface area contributed by atoms with E-state index in [9.17, 15) is 0 Å². The highest BCUT2D eigenvalue weighted by Gasteiger charge is 2.08. The molecule has 0 saturated carbocycles. The standard InChI is InChI=1S/C16H15N3OS2/c1-20-14-10-6-5-9-13(14)17-15-18-19-16(22-15)21-11-12-7-3-2-4-8-12/h2-10H,11H2,1H3,(H,17,18). The third kappa shape index (κ3) is 3.78. The van der Waals surface area contributed by atoms with Crippen LogP contribution in [0.2, 0.25) is 0 Å². The molecule has 3 aromatic rings. The van der Waals surface area contributed by atoms with Gasteiger partial charge in [-0.1, -0.05) is 65.6 Å². The van der Waals surface area contributed by atoms with Gasteiger partial charge in [0.1, 0.15) is 5.75 Å².